The van der Waals surface area contributed by atoms with Crippen molar-refractivity contribution in [2.24, 2.45) is 0 Å². The van der Waals surface area contributed by atoms with Crippen LogP contribution in [0.15, 0.2) is 0 Å². The number of hydrogen-bond donors (Lipinski definition) is 0. The van der Waals surface area contributed by atoms with Gasteiger partial charge in [-0.05, 0) is 43.8 Å². The van der Waals surface area contributed by atoms with Crippen LogP contribution in [0.4, 0.5) is 0 Å². The maximum atomic E-state index is 6.34. The largest absolute Gasteiger partial charge is 0.417 e. The van der Waals surface area contributed by atoms with Gasteiger partial charge in [0.05, 0.1) is 0 Å². The molecule has 0 atom stereocenters. The molecule has 0 aliphatic heterocycles. The standard InChI is InChI=1S/C13H27Cl3OSi/c1-2-3-10-17-18(11-4-7-14,12-5-8-15)13-6-9-16/h2-13H2,1H3. The molecule has 0 rings (SSSR count). The van der Waals surface area contributed by atoms with Crippen LogP contribution in [0.1, 0.15) is 39.0 Å². The molecule has 5 heteroatoms. The monoisotopic (exact) mass is 332 g/mol. The Balaban J connectivity index is 4.41. The van der Waals surface area contributed by atoms with E-state index >= 15 is 0 Å². The van der Waals surface area contributed by atoms with Gasteiger partial charge in [0.25, 0.3) is 0 Å². The maximum Gasteiger partial charge on any atom is 0.192 e. The molecule has 0 aromatic rings. The third-order valence-electron chi connectivity index (χ3n) is 3.20. The predicted molar refractivity (Wildman–Crippen MR) is 87.0 cm³/mol. The van der Waals surface area contributed by atoms with Crippen molar-refractivity contribution in [1.29, 1.82) is 0 Å². The van der Waals surface area contributed by atoms with Crippen molar-refractivity contribution in [1.82, 2.24) is 0 Å². The molecule has 0 spiro atoms. The van der Waals surface area contributed by atoms with E-state index in [0.29, 0.717) is 0 Å². The molecule has 0 saturated carbocycles. The van der Waals surface area contributed by atoms with Crippen molar-refractivity contribution in [2.75, 3.05) is 24.2 Å². The van der Waals surface area contributed by atoms with Crippen molar-refractivity contribution in [3.63, 3.8) is 0 Å². The van der Waals surface area contributed by atoms with Crippen molar-refractivity contribution in [3.8, 4) is 0 Å². The number of alkyl halides is 3. The average Bonchev–Trinajstić information content (AvgIpc) is 2.40. The first kappa shape index (κ1) is 19.0. The fraction of sp³-hybridized carbons (Fsp3) is 1.00. The van der Waals surface area contributed by atoms with Crippen LogP contribution in [0.3, 0.4) is 0 Å². The summed E-state index contributed by atoms with van der Waals surface area (Å²) in [5, 5.41) is 0. The van der Waals surface area contributed by atoms with Crippen LogP contribution in [-0.2, 0) is 4.43 Å². The van der Waals surface area contributed by atoms with Gasteiger partial charge in [0.1, 0.15) is 0 Å². The van der Waals surface area contributed by atoms with E-state index in [1.807, 2.05) is 0 Å². The molecular formula is C13H27Cl3OSi. The first-order chi connectivity index (χ1) is 8.74. The quantitative estimate of drug-likeness (QED) is 0.241. The van der Waals surface area contributed by atoms with Crippen molar-refractivity contribution < 1.29 is 4.43 Å². The summed E-state index contributed by atoms with van der Waals surface area (Å²) >= 11 is 17.6. The maximum absolute atomic E-state index is 6.34. The smallest absolute Gasteiger partial charge is 0.192 e. The first-order valence-corrected chi connectivity index (χ1v) is 11.2. The van der Waals surface area contributed by atoms with Crippen LogP contribution < -0.4 is 0 Å². The SMILES string of the molecule is CCCCO[Si](CCCCl)(CCCCl)CCCCl. The van der Waals surface area contributed by atoms with E-state index in [-0.39, 0.29) is 0 Å². The van der Waals surface area contributed by atoms with Gasteiger partial charge in [0.15, 0.2) is 8.32 Å². The molecule has 0 aromatic heterocycles. The van der Waals surface area contributed by atoms with Gasteiger partial charge in [-0.15, -0.1) is 34.8 Å². The van der Waals surface area contributed by atoms with Gasteiger partial charge in [-0.25, -0.2) is 0 Å². The number of unbranched alkanes of at least 4 members (excludes halogenated alkanes) is 1. The Morgan fingerprint density at radius 3 is 1.56 bits per heavy atom. The van der Waals surface area contributed by atoms with Crippen LogP contribution >= 0.6 is 34.8 Å². The van der Waals surface area contributed by atoms with E-state index in [1.165, 1.54) is 6.42 Å². The second-order valence-electron chi connectivity index (χ2n) is 4.76. The highest BCUT2D eigenvalue weighted by Gasteiger charge is 2.33. The minimum absolute atomic E-state index is 0.730. The summed E-state index contributed by atoms with van der Waals surface area (Å²) in [4.78, 5) is 0. The molecule has 0 saturated heterocycles. The highest BCUT2D eigenvalue weighted by atomic mass is 35.5. The van der Waals surface area contributed by atoms with Crippen LogP contribution in [0.2, 0.25) is 18.1 Å². The highest BCUT2D eigenvalue weighted by molar-refractivity contribution is 6.74. The molecule has 0 amide bonds. The zero-order valence-electron chi connectivity index (χ0n) is 11.5. The molecular weight excluding hydrogens is 307 g/mol. The van der Waals surface area contributed by atoms with E-state index < -0.39 is 8.32 Å². The zero-order chi connectivity index (χ0) is 13.7. The first-order valence-electron chi connectivity index (χ1n) is 7.06. The van der Waals surface area contributed by atoms with Gasteiger partial charge in [-0.2, -0.15) is 0 Å². The lowest BCUT2D eigenvalue weighted by molar-refractivity contribution is 0.288. The second-order valence-corrected chi connectivity index (χ2v) is 10.1. The lowest BCUT2D eigenvalue weighted by atomic mass is 10.4. The molecule has 0 aromatic carbocycles. The van der Waals surface area contributed by atoms with Gasteiger partial charge in [0, 0.05) is 24.2 Å². The van der Waals surface area contributed by atoms with Crippen LogP contribution in [0.5, 0.6) is 0 Å². The molecule has 1 nitrogen and oxygen atoms in total. The van der Waals surface area contributed by atoms with E-state index in [2.05, 4.69) is 6.92 Å². The number of rotatable bonds is 13. The summed E-state index contributed by atoms with van der Waals surface area (Å²) in [7, 11) is -1.65. The third-order valence-corrected chi connectivity index (χ3v) is 8.62. The van der Waals surface area contributed by atoms with E-state index in [1.54, 1.807) is 0 Å². The highest BCUT2D eigenvalue weighted by Crippen LogP contribution is 2.28. The Morgan fingerprint density at radius 1 is 0.778 bits per heavy atom. The van der Waals surface area contributed by atoms with Crippen LogP contribution in [-0.4, -0.2) is 32.6 Å². The molecule has 0 unspecified atom stereocenters. The molecule has 0 fully saturated rings. The van der Waals surface area contributed by atoms with Gasteiger partial charge in [-0.3, -0.25) is 0 Å². The molecule has 0 bridgehead atoms. The van der Waals surface area contributed by atoms with E-state index in [9.17, 15) is 0 Å². The molecule has 0 heterocycles. The average molecular weight is 334 g/mol. The fourth-order valence-electron chi connectivity index (χ4n) is 2.19. The molecule has 0 N–H and O–H groups in total. The normalized spacial score (nSPS) is 12.0. The van der Waals surface area contributed by atoms with Crippen LogP contribution in [0, 0.1) is 0 Å². The van der Waals surface area contributed by atoms with E-state index in [4.69, 9.17) is 39.2 Å². The van der Waals surface area contributed by atoms with Gasteiger partial charge >= 0.3 is 0 Å². The van der Waals surface area contributed by atoms with Gasteiger partial charge in [-0.1, -0.05) is 13.3 Å². The summed E-state index contributed by atoms with van der Waals surface area (Å²) in [5.41, 5.74) is 0. The Labute approximate surface area is 129 Å². The van der Waals surface area contributed by atoms with Gasteiger partial charge in [0.2, 0.25) is 0 Å². The Morgan fingerprint density at radius 2 is 1.22 bits per heavy atom. The van der Waals surface area contributed by atoms with Crippen molar-refractivity contribution in [2.45, 2.75) is 57.2 Å². The summed E-state index contributed by atoms with van der Waals surface area (Å²) < 4.78 is 6.34. The summed E-state index contributed by atoms with van der Waals surface area (Å²) in [5.74, 6) is 2.19. The molecule has 110 valence electrons. The lowest BCUT2D eigenvalue weighted by Crippen LogP contribution is -2.39. The molecule has 18 heavy (non-hydrogen) atoms. The van der Waals surface area contributed by atoms with Crippen LogP contribution in [0.25, 0.3) is 0 Å². The van der Waals surface area contributed by atoms with Crippen molar-refractivity contribution in [3.05, 3.63) is 0 Å². The summed E-state index contributed by atoms with van der Waals surface area (Å²) in [6.07, 6.45) is 5.52. The second kappa shape index (κ2) is 13.0. The lowest BCUT2D eigenvalue weighted by Gasteiger charge is -2.31. The number of halogens is 3. The summed E-state index contributed by atoms with van der Waals surface area (Å²) in [6.45, 7) is 3.10. The predicted octanol–water partition coefficient (Wildman–Crippen LogP) is 5.64. The van der Waals surface area contributed by atoms with E-state index in [0.717, 1.165) is 68.1 Å². The Kier molecular flexibility index (Phi) is 13.8. The zero-order valence-corrected chi connectivity index (χ0v) is 14.8. The third kappa shape index (κ3) is 9.03. The minimum atomic E-state index is -1.65. The minimum Gasteiger partial charge on any atom is -0.417 e. The molecule has 0 aliphatic carbocycles. The Hall–Kier alpha value is 1.05. The topological polar surface area (TPSA) is 9.23 Å². The fourth-order valence-corrected chi connectivity index (χ4v) is 7.49. The summed E-state index contributed by atoms with van der Waals surface area (Å²) in [6, 6.07) is 3.48. The van der Waals surface area contributed by atoms with Gasteiger partial charge < -0.3 is 4.43 Å². The Bertz CT molecular complexity index is 160. The number of hydrogen-bond acceptors (Lipinski definition) is 1. The molecule has 0 aliphatic rings. The molecule has 0 radical (unpaired) electrons. The van der Waals surface area contributed by atoms with Crippen molar-refractivity contribution >= 4 is 43.1 Å².